The zero-order valence-electron chi connectivity index (χ0n) is 17.1. The van der Waals surface area contributed by atoms with Crippen molar-refractivity contribution in [1.29, 1.82) is 0 Å². The molecule has 0 atom stereocenters. The third-order valence-corrected chi connectivity index (χ3v) is 6.31. The van der Waals surface area contributed by atoms with Gasteiger partial charge in [0.25, 0.3) is 5.91 Å². The predicted molar refractivity (Wildman–Crippen MR) is 126 cm³/mol. The van der Waals surface area contributed by atoms with Crippen molar-refractivity contribution in [3.05, 3.63) is 64.9 Å². The molecule has 0 aliphatic carbocycles. The molecule has 1 amide bonds. The lowest BCUT2D eigenvalue weighted by Crippen LogP contribution is -2.41. The van der Waals surface area contributed by atoms with Crippen LogP contribution in [0.4, 0.5) is 11.5 Å². The quantitative estimate of drug-likeness (QED) is 0.477. The number of carbonyl (C=O) groups is 1. The molecule has 2 aromatic carbocycles. The molecule has 0 radical (unpaired) electrons. The number of nitrogens with zero attached hydrogens (tertiary/aromatic N) is 2. The molecular weight excluding hydrogens is 408 g/mol. The fourth-order valence-electron chi connectivity index (χ4n) is 3.93. The summed E-state index contributed by atoms with van der Waals surface area (Å²) in [5, 5.41) is 13.9. The van der Waals surface area contributed by atoms with Crippen LogP contribution >= 0.6 is 11.3 Å². The molecule has 31 heavy (non-hydrogen) atoms. The topological polar surface area (TPSA) is 66.5 Å². The van der Waals surface area contributed by atoms with Crippen molar-refractivity contribution in [3.8, 4) is 0 Å². The Bertz CT molecular complexity index is 1200. The molecular formula is C24H24N4O2S. The molecule has 6 nitrogen and oxygen atoms in total. The van der Waals surface area contributed by atoms with Crippen LogP contribution in [0, 0.1) is 0 Å². The van der Waals surface area contributed by atoms with Crippen molar-refractivity contribution < 1.29 is 9.53 Å². The SMILES string of the molecule is O=C(NCCN1CCOCC1)c1cccc2c1nc(Nc1ccccc1)c1cscc12. The van der Waals surface area contributed by atoms with E-state index in [1.165, 1.54) is 0 Å². The van der Waals surface area contributed by atoms with E-state index >= 15 is 0 Å². The van der Waals surface area contributed by atoms with Crippen molar-refractivity contribution >= 4 is 50.4 Å². The first-order chi connectivity index (χ1) is 15.3. The first-order valence-electron chi connectivity index (χ1n) is 10.5. The van der Waals surface area contributed by atoms with Gasteiger partial charge in [-0.05, 0) is 23.6 Å². The van der Waals surface area contributed by atoms with Crippen LogP contribution in [0.5, 0.6) is 0 Å². The van der Waals surface area contributed by atoms with Crippen LogP contribution in [0.15, 0.2) is 59.3 Å². The lowest BCUT2D eigenvalue weighted by molar-refractivity contribution is 0.0383. The van der Waals surface area contributed by atoms with E-state index in [0.29, 0.717) is 12.1 Å². The summed E-state index contributed by atoms with van der Waals surface area (Å²) in [4.78, 5) is 20.2. The number of nitrogens with one attached hydrogen (secondary N) is 2. The van der Waals surface area contributed by atoms with Gasteiger partial charge in [0.1, 0.15) is 5.82 Å². The summed E-state index contributed by atoms with van der Waals surface area (Å²) in [6.07, 6.45) is 0. The first kappa shape index (κ1) is 19.9. The Balaban J connectivity index is 1.44. The molecule has 4 aromatic rings. The van der Waals surface area contributed by atoms with E-state index in [2.05, 4.69) is 26.3 Å². The number of carbonyl (C=O) groups excluding carboxylic acids is 1. The zero-order chi connectivity index (χ0) is 21.0. The van der Waals surface area contributed by atoms with E-state index in [9.17, 15) is 4.79 Å². The van der Waals surface area contributed by atoms with E-state index in [1.807, 2.05) is 48.5 Å². The summed E-state index contributed by atoms with van der Waals surface area (Å²) < 4.78 is 5.38. The average Bonchev–Trinajstić information content (AvgIpc) is 3.31. The van der Waals surface area contributed by atoms with Crippen molar-refractivity contribution in [2.24, 2.45) is 0 Å². The molecule has 2 aromatic heterocycles. The minimum Gasteiger partial charge on any atom is -0.379 e. The van der Waals surface area contributed by atoms with Gasteiger partial charge in [0.15, 0.2) is 0 Å². The summed E-state index contributed by atoms with van der Waals surface area (Å²) in [5.74, 6) is 0.676. The Hall–Kier alpha value is -3.00. The van der Waals surface area contributed by atoms with Crippen LogP contribution in [-0.4, -0.2) is 55.2 Å². The van der Waals surface area contributed by atoms with Crippen molar-refractivity contribution in [1.82, 2.24) is 15.2 Å². The number of amides is 1. The lowest BCUT2D eigenvalue weighted by atomic mass is 10.1. The molecule has 5 rings (SSSR count). The van der Waals surface area contributed by atoms with Gasteiger partial charge in [-0.3, -0.25) is 9.69 Å². The van der Waals surface area contributed by atoms with Gasteiger partial charge in [-0.1, -0.05) is 30.3 Å². The summed E-state index contributed by atoms with van der Waals surface area (Å²) >= 11 is 1.64. The fraction of sp³-hybridized carbons (Fsp3) is 0.250. The monoisotopic (exact) mass is 432 g/mol. The number of anilines is 2. The van der Waals surface area contributed by atoms with Gasteiger partial charge >= 0.3 is 0 Å². The maximum Gasteiger partial charge on any atom is 0.253 e. The predicted octanol–water partition coefficient (Wildman–Crippen LogP) is 4.26. The molecule has 0 bridgehead atoms. The summed E-state index contributed by atoms with van der Waals surface area (Å²) in [6, 6.07) is 15.8. The summed E-state index contributed by atoms with van der Waals surface area (Å²) in [6.45, 7) is 4.77. The highest BCUT2D eigenvalue weighted by Gasteiger charge is 2.17. The molecule has 1 aliphatic rings. The Morgan fingerprint density at radius 3 is 2.65 bits per heavy atom. The Labute approximate surface area is 184 Å². The second kappa shape index (κ2) is 9.01. The lowest BCUT2D eigenvalue weighted by Gasteiger charge is -2.26. The molecule has 1 fully saturated rings. The first-order valence-corrected chi connectivity index (χ1v) is 11.4. The van der Waals surface area contributed by atoms with Crippen LogP contribution in [0.25, 0.3) is 21.7 Å². The highest BCUT2D eigenvalue weighted by atomic mass is 32.1. The number of benzene rings is 2. The molecule has 0 unspecified atom stereocenters. The summed E-state index contributed by atoms with van der Waals surface area (Å²) in [5.41, 5.74) is 2.29. The van der Waals surface area contributed by atoms with Crippen molar-refractivity contribution in [2.75, 3.05) is 44.7 Å². The Kier molecular flexibility index (Phi) is 5.80. The maximum atomic E-state index is 13.0. The number of hydrogen-bond donors (Lipinski definition) is 2. The Morgan fingerprint density at radius 1 is 1.00 bits per heavy atom. The largest absolute Gasteiger partial charge is 0.379 e. The van der Waals surface area contributed by atoms with Gasteiger partial charge in [-0.2, -0.15) is 11.3 Å². The molecule has 3 heterocycles. The van der Waals surface area contributed by atoms with E-state index in [4.69, 9.17) is 9.72 Å². The van der Waals surface area contributed by atoms with E-state index < -0.39 is 0 Å². The van der Waals surface area contributed by atoms with Gasteiger partial charge in [-0.25, -0.2) is 4.98 Å². The van der Waals surface area contributed by atoms with E-state index in [1.54, 1.807) is 11.3 Å². The number of rotatable bonds is 6. The normalized spacial score (nSPS) is 14.7. The highest BCUT2D eigenvalue weighted by Crippen LogP contribution is 2.34. The van der Waals surface area contributed by atoms with E-state index in [-0.39, 0.29) is 5.91 Å². The number of pyridine rings is 1. The van der Waals surface area contributed by atoms with Crippen LogP contribution in [-0.2, 0) is 4.74 Å². The van der Waals surface area contributed by atoms with Gasteiger partial charge in [0.05, 0.1) is 24.3 Å². The van der Waals surface area contributed by atoms with E-state index in [0.717, 1.165) is 66.0 Å². The molecule has 0 spiro atoms. The van der Waals surface area contributed by atoms with Crippen LogP contribution < -0.4 is 10.6 Å². The maximum absolute atomic E-state index is 13.0. The van der Waals surface area contributed by atoms with Gasteiger partial charge in [0.2, 0.25) is 0 Å². The average molecular weight is 433 g/mol. The third-order valence-electron chi connectivity index (χ3n) is 5.57. The van der Waals surface area contributed by atoms with Gasteiger partial charge in [-0.15, -0.1) is 0 Å². The molecule has 1 aliphatic heterocycles. The second-order valence-corrected chi connectivity index (χ2v) is 8.31. The molecule has 0 saturated carbocycles. The Morgan fingerprint density at radius 2 is 1.81 bits per heavy atom. The molecule has 2 N–H and O–H groups in total. The zero-order valence-corrected chi connectivity index (χ0v) is 18.0. The molecule has 158 valence electrons. The number of fused-ring (bicyclic) bond motifs is 3. The minimum atomic E-state index is -0.0911. The van der Waals surface area contributed by atoms with Gasteiger partial charge in [0, 0.05) is 53.4 Å². The van der Waals surface area contributed by atoms with Crippen molar-refractivity contribution in [3.63, 3.8) is 0 Å². The van der Waals surface area contributed by atoms with Gasteiger partial charge < -0.3 is 15.4 Å². The number of aromatic nitrogens is 1. The number of hydrogen-bond acceptors (Lipinski definition) is 6. The van der Waals surface area contributed by atoms with Crippen molar-refractivity contribution in [2.45, 2.75) is 0 Å². The van der Waals surface area contributed by atoms with Crippen LogP contribution in [0.1, 0.15) is 10.4 Å². The highest BCUT2D eigenvalue weighted by molar-refractivity contribution is 7.09. The fourth-order valence-corrected chi connectivity index (χ4v) is 4.76. The third kappa shape index (κ3) is 4.25. The smallest absolute Gasteiger partial charge is 0.253 e. The number of thiophene rings is 1. The number of para-hydroxylation sites is 2. The van der Waals surface area contributed by atoms with Crippen LogP contribution in [0.3, 0.4) is 0 Å². The number of morpholine rings is 1. The standard InChI is InChI=1S/C24H24N4O2S/c29-24(25-9-10-28-11-13-30-14-12-28)19-8-4-7-18-20-15-31-16-21(20)23(27-22(18)19)26-17-5-2-1-3-6-17/h1-8,15-16H,9-14H2,(H,25,29)(H,26,27). The molecule has 1 saturated heterocycles. The molecule has 7 heteroatoms. The number of ether oxygens (including phenoxy) is 1. The summed E-state index contributed by atoms with van der Waals surface area (Å²) in [7, 11) is 0. The minimum absolute atomic E-state index is 0.0911. The second-order valence-electron chi connectivity index (χ2n) is 7.56. The van der Waals surface area contributed by atoms with Crippen LogP contribution in [0.2, 0.25) is 0 Å².